The van der Waals surface area contributed by atoms with Crippen LogP contribution in [0.5, 0.6) is 11.6 Å². The molecular weight excluding hydrogens is 568 g/mol. The van der Waals surface area contributed by atoms with E-state index in [1.807, 2.05) is 0 Å². The topological polar surface area (TPSA) is 113 Å². The van der Waals surface area contributed by atoms with E-state index in [0.717, 1.165) is 0 Å². The van der Waals surface area contributed by atoms with Crippen molar-refractivity contribution in [2.45, 2.75) is 38.0 Å². The molecule has 0 atom stereocenters. The van der Waals surface area contributed by atoms with Gasteiger partial charge in [0.05, 0.1) is 24.2 Å². The molecule has 2 amide bonds. The zero-order valence-corrected chi connectivity index (χ0v) is 21.5. The average Bonchev–Trinajstić information content (AvgIpc) is 3.32. The molecule has 2 aromatic heterocycles. The fraction of sp³-hybridized carbons (Fsp3) is 0.269. The van der Waals surface area contributed by atoms with Gasteiger partial charge in [-0.3, -0.25) is 9.58 Å². The standard InChI is InChI=1S/C26H21BF5N5O5/c27-26(39,40)42-19-5-2-17(3-6-19)37-23-15(1-8-22(33-23)41-14-21(28)29)13-36(24(37)38)18-4-7-20-16(11-18)12-35(34-20)10-9-25(30,31)32/h1-8,11-12,21,39-40H,9-10,13-14H2. The first-order valence-electron chi connectivity index (χ1n) is 12.3. The van der Waals surface area contributed by atoms with Gasteiger partial charge in [-0.25, -0.2) is 18.5 Å². The molecule has 4 aromatic rings. The van der Waals surface area contributed by atoms with Gasteiger partial charge in [0, 0.05) is 35.4 Å². The van der Waals surface area contributed by atoms with Crippen LogP contribution in [-0.2, 0) is 13.1 Å². The normalized spacial score (nSPS) is 14.0. The molecule has 0 bridgehead atoms. The van der Waals surface area contributed by atoms with E-state index < -0.39 is 37.5 Å². The molecule has 0 saturated heterocycles. The van der Waals surface area contributed by atoms with Gasteiger partial charge in [0.25, 0.3) is 12.3 Å². The van der Waals surface area contributed by atoms with Gasteiger partial charge >= 0.3 is 12.2 Å². The number of carbonyl (C=O) groups is 1. The van der Waals surface area contributed by atoms with Crippen LogP contribution in [-0.4, -0.2) is 63.9 Å². The van der Waals surface area contributed by atoms with Gasteiger partial charge in [-0.05, 0) is 48.5 Å². The zero-order chi connectivity index (χ0) is 30.2. The van der Waals surface area contributed by atoms with E-state index in [2.05, 4.69) is 10.1 Å². The zero-order valence-electron chi connectivity index (χ0n) is 21.5. The number of pyridine rings is 1. The molecule has 16 heteroatoms. The largest absolute Gasteiger partial charge is 0.472 e. The van der Waals surface area contributed by atoms with Crippen molar-refractivity contribution in [2.75, 3.05) is 16.4 Å². The maximum atomic E-state index is 13.9. The number of ether oxygens (including phenoxy) is 2. The molecule has 2 N–H and O–H groups in total. The molecule has 0 fully saturated rings. The minimum Gasteiger partial charge on any atom is -0.472 e. The number of hydrogen-bond donors (Lipinski definition) is 2. The Kier molecular flexibility index (Phi) is 7.68. The van der Waals surface area contributed by atoms with Crippen molar-refractivity contribution < 1.29 is 46.4 Å². The van der Waals surface area contributed by atoms with E-state index in [4.69, 9.17) is 17.3 Å². The summed E-state index contributed by atoms with van der Waals surface area (Å²) in [5.41, 5.74) is 1.61. The predicted octanol–water partition coefficient (Wildman–Crippen LogP) is 4.45. The van der Waals surface area contributed by atoms with Crippen LogP contribution >= 0.6 is 0 Å². The maximum Gasteiger partial charge on any atom is 0.390 e. The van der Waals surface area contributed by atoms with E-state index in [0.29, 0.717) is 22.2 Å². The lowest BCUT2D eigenvalue weighted by atomic mass is 10.1. The fourth-order valence-corrected chi connectivity index (χ4v) is 4.31. The quantitative estimate of drug-likeness (QED) is 0.169. The van der Waals surface area contributed by atoms with Crippen LogP contribution in [0, 0.1) is 0 Å². The van der Waals surface area contributed by atoms with Crippen LogP contribution in [0.1, 0.15) is 12.0 Å². The third-order valence-electron chi connectivity index (χ3n) is 6.08. The number of amides is 2. The first kappa shape index (κ1) is 29.1. The lowest BCUT2D eigenvalue weighted by Crippen LogP contribution is -2.45. The molecular formula is C26H21BF5N5O5. The van der Waals surface area contributed by atoms with Gasteiger partial charge in [-0.1, -0.05) is 0 Å². The van der Waals surface area contributed by atoms with Crippen LogP contribution in [0.2, 0.25) is 0 Å². The van der Waals surface area contributed by atoms with Crippen molar-refractivity contribution in [3.63, 3.8) is 0 Å². The molecule has 1 aliphatic rings. The van der Waals surface area contributed by atoms with Gasteiger partial charge in [-0.15, -0.1) is 0 Å². The molecule has 2 radical (unpaired) electrons. The van der Waals surface area contributed by atoms with E-state index in [9.17, 15) is 37.0 Å². The highest BCUT2D eigenvalue weighted by atomic mass is 19.4. The molecule has 0 saturated carbocycles. The molecule has 1 aliphatic heterocycles. The fourth-order valence-electron chi connectivity index (χ4n) is 4.31. The lowest BCUT2D eigenvalue weighted by molar-refractivity contribution is -0.223. The van der Waals surface area contributed by atoms with Gasteiger partial charge in [0.1, 0.15) is 11.6 Å². The Morgan fingerprint density at radius 1 is 1.02 bits per heavy atom. The molecule has 5 rings (SSSR count). The number of alkyl halides is 5. The number of benzene rings is 2. The number of nitrogens with zero attached hydrogens (tertiary/aromatic N) is 5. The number of fused-ring (bicyclic) bond motifs is 2. The molecule has 3 heterocycles. The Labute approximate surface area is 235 Å². The molecule has 0 aliphatic carbocycles. The molecule has 42 heavy (non-hydrogen) atoms. The van der Waals surface area contributed by atoms with Gasteiger partial charge < -0.3 is 19.7 Å². The Morgan fingerprint density at radius 3 is 2.40 bits per heavy atom. The second-order valence-electron chi connectivity index (χ2n) is 9.29. The predicted molar refractivity (Wildman–Crippen MR) is 140 cm³/mol. The SMILES string of the molecule is [B]C(O)(O)Oc1ccc(N2C(=O)N(c3ccc4nn(CCC(F)(F)F)cc4c3)Cc3ccc(OCC(F)F)nc32)cc1. The summed E-state index contributed by atoms with van der Waals surface area (Å²) in [7, 11) is 5.04. The van der Waals surface area contributed by atoms with Gasteiger partial charge in [-0.2, -0.15) is 23.3 Å². The van der Waals surface area contributed by atoms with Crippen LogP contribution < -0.4 is 19.3 Å². The van der Waals surface area contributed by atoms with Gasteiger partial charge in [0.15, 0.2) is 6.61 Å². The summed E-state index contributed by atoms with van der Waals surface area (Å²) < 4.78 is 74.5. The summed E-state index contributed by atoms with van der Waals surface area (Å²) >= 11 is 0. The van der Waals surface area contributed by atoms with Crippen LogP contribution in [0.4, 0.5) is 43.9 Å². The lowest BCUT2D eigenvalue weighted by Gasteiger charge is -2.36. The summed E-state index contributed by atoms with van der Waals surface area (Å²) in [4.78, 5) is 20.8. The number of halogens is 5. The number of aromatic nitrogens is 3. The second-order valence-corrected chi connectivity index (χ2v) is 9.29. The van der Waals surface area contributed by atoms with E-state index in [1.165, 1.54) is 51.0 Å². The third-order valence-corrected chi connectivity index (χ3v) is 6.08. The minimum atomic E-state index is -4.34. The molecule has 2 aromatic carbocycles. The first-order chi connectivity index (χ1) is 19.8. The summed E-state index contributed by atoms with van der Waals surface area (Å²) in [6.45, 7) is -1.25. The number of rotatable bonds is 9. The van der Waals surface area contributed by atoms with Gasteiger partial charge in [0.2, 0.25) is 13.7 Å². The van der Waals surface area contributed by atoms with Crippen molar-refractivity contribution in [2.24, 2.45) is 0 Å². The Hall–Kier alpha value is -4.44. The number of carbonyl (C=O) groups excluding carboxylic acids is 1. The van der Waals surface area contributed by atoms with E-state index >= 15 is 0 Å². The van der Waals surface area contributed by atoms with E-state index in [-0.39, 0.29) is 36.2 Å². The van der Waals surface area contributed by atoms with Crippen molar-refractivity contribution in [1.82, 2.24) is 14.8 Å². The van der Waals surface area contributed by atoms with Crippen molar-refractivity contribution in [3.05, 3.63) is 66.4 Å². The Balaban J connectivity index is 1.50. The first-order valence-corrected chi connectivity index (χ1v) is 12.3. The number of anilines is 3. The molecule has 0 unspecified atom stereocenters. The number of aryl methyl sites for hydroxylation is 1. The highest BCUT2D eigenvalue weighted by molar-refractivity contribution is 6.12. The molecule has 218 valence electrons. The second kappa shape index (κ2) is 11.1. The van der Waals surface area contributed by atoms with Crippen LogP contribution in [0.3, 0.4) is 0 Å². The third kappa shape index (κ3) is 6.71. The number of urea groups is 1. The van der Waals surface area contributed by atoms with E-state index in [1.54, 1.807) is 24.3 Å². The average molecular weight is 589 g/mol. The van der Waals surface area contributed by atoms with Crippen molar-refractivity contribution in [3.8, 4) is 11.6 Å². The summed E-state index contributed by atoms with van der Waals surface area (Å²) in [6.07, 6.45) is -6.68. The molecule has 10 nitrogen and oxygen atoms in total. The highest BCUT2D eigenvalue weighted by Gasteiger charge is 2.35. The highest BCUT2D eigenvalue weighted by Crippen LogP contribution is 2.38. The minimum absolute atomic E-state index is 0.0203. The Bertz CT molecular complexity index is 1590. The smallest absolute Gasteiger partial charge is 0.390 e. The van der Waals surface area contributed by atoms with Crippen molar-refractivity contribution in [1.29, 1.82) is 0 Å². The summed E-state index contributed by atoms with van der Waals surface area (Å²) in [5, 5.41) is 23.3. The summed E-state index contributed by atoms with van der Waals surface area (Å²) in [5.74, 6) is -3.01. The van der Waals surface area contributed by atoms with Crippen molar-refractivity contribution >= 4 is 42.0 Å². The molecule has 0 spiro atoms. The number of aliphatic hydroxyl groups is 2. The van der Waals surface area contributed by atoms with Crippen LogP contribution in [0.25, 0.3) is 10.9 Å². The number of hydrogen-bond acceptors (Lipinski definition) is 7. The summed E-state index contributed by atoms with van der Waals surface area (Å²) in [6, 6.07) is 12.6. The maximum absolute atomic E-state index is 13.9. The monoisotopic (exact) mass is 589 g/mol. The van der Waals surface area contributed by atoms with Crippen LogP contribution in [0.15, 0.2) is 60.8 Å². The Morgan fingerprint density at radius 2 is 1.74 bits per heavy atom.